The second-order valence-electron chi connectivity index (χ2n) is 13.8. The van der Waals surface area contributed by atoms with Gasteiger partial charge in [-0.15, -0.1) is 0 Å². The maximum Gasteiger partial charge on any atom is 0.164 e. The van der Waals surface area contributed by atoms with E-state index in [9.17, 15) is 0 Å². The van der Waals surface area contributed by atoms with Crippen LogP contribution < -0.4 is 0 Å². The van der Waals surface area contributed by atoms with Crippen LogP contribution in [-0.4, -0.2) is 15.0 Å². The Morgan fingerprint density at radius 3 is 2.12 bits per heavy atom. The van der Waals surface area contributed by atoms with Gasteiger partial charge < -0.3 is 4.42 Å². The summed E-state index contributed by atoms with van der Waals surface area (Å²) in [6.07, 6.45) is 22.4. The van der Waals surface area contributed by atoms with E-state index >= 15 is 0 Å². The summed E-state index contributed by atoms with van der Waals surface area (Å²) >= 11 is 0. The van der Waals surface area contributed by atoms with Crippen LogP contribution in [0.5, 0.6) is 0 Å². The van der Waals surface area contributed by atoms with Crippen LogP contribution in [0.1, 0.15) is 64.3 Å². The SMILES string of the molecule is C1=CC2C(c3nc(C4=CCC(C5C=CC(c6ccccc6)=CC5)c5oc6ccccc6c54)nc(-c4ccccc4)n3)=Cc3ccccc3C2C=C1. The maximum atomic E-state index is 6.80. The van der Waals surface area contributed by atoms with E-state index in [2.05, 4.69) is 146 Å². The molecule has 4 unspecified atom stereocenters. The third-order valence-corrected chi connectivity index (χ3v) is 10.9. The fraction of sp³-hybridized carbons (Fsp3) is 0.128. The molecular formula is C47H35N3O. The van der Waals surface area contributed by atoms with Gasteiger partial charge in [-0.05, 0) is 53.2 Å². The van der Waals surface area contributed by atoms with Gasteiger partial charge in [-0.25, -0.2) is 15.0 Å². The Morgan fingerprint density at radius 1 is 0.588 bits per heavy atom. The van der Waals surface area contributed by atoms with Gasteiger partial charge in [0.2, 0.25) is 0 Å². The van der Waals surface area contributed by atoms with E-state index in [1.807, 2.05) is 18.2 Å². The highest BCUT2D eigenvalue weighted by atomic mass is 16.3. The van der Waals surface area contributed by atoms with Crippen molar-refractivity contribution in [3.8, 4) is 11.4 Å². The summed E-state index contributed by atoms with van der Waals surface area (Å²) in [6, 6.07) is 38.0. The molecule has 4 aromatic carbocycles. The predicted octanol–water partition coefficient (Wildman–Crippen LogP) is 11.2. The number of aromatic nitrogens is 3. The van der Waals surface area contributed by atoms with Gasteiger partial charge in [0.15, 0.2) is 17.5 Å². The first-order chi connectivity index (χ1) is 25.3. The van der Waals surface area contributed by atoms with E-state index in [0.29, 0.717) is 17.6 Å². The molecule has 0 saturated carbocycles. The molecule has 2 heterocycles. The average Bonchev–Trinajstić information content (AvgIpc) is 3.61. The second kappa shape index (κ2) is 12.3. The Bertz CT molecular complexity index is 2500. The molecule has 4 atom stereocenters. The minimum Gasteiger partial charge on any atom is -0.460 e. The van der Waals surface area contributed by atoms with Gasteiger partial charge in [-0.1, -0.05) is 152 Å². The van der Waals surface area contributed by atoms with Gasteiger partial charge in [-0.2, -0.15) is 0 Å². The lowest BCUT2D eigenvalue weighted by molar-refractivity contribution is 0.414. The molecule has 0 aliphatic heterocycles. The molecule has 244 valence electrons. The molecule has 0 N–H and O–H groups in total. The number of rotatable bonds is 5. The van der Waals surface area contributed by atoms with E-state index in [-0.39, 0.29) is 17.8 Å². The number of hydrogen-bond donors (Lipinski definition) is 0. The standard InChI is InChI=1S/C47H35N3O/c1-3-13-30(14-4-1)31-23-25-32(26-24-31)36-27-28-40(43-39-21-11-12-22-42(39)51-44(36)43)46-48-45(33-15-5-2-6-16-33)49-47(50-46)41-29-34-17-7-8-18-35(34)37-19-9-10-20-38(37)41/h1-25,28-29,32,36-38H,26-27H2. The molecule has 51 heavy (non-hydrogen) atoms. The third kappa shape index (κ3) is 5.18. The van der Waals surface area contributed by atoms with Gasteiger partial charge >= 0.3 is 0 Å². The van der Waals surface area contributed by atoms with Crippen molar-refractivity contribution in [3.63, 3.8) is 0 Å². The number of fused-ring (bicyclic) bond motifs is 6. The van der Waals surface area contributed by atoms with Gasteiger partial charge in [0, 0.05) is 45.4 Å². The molecular weight excluding hydrogens is 623 g/mol. The van der Waals surface area contributed by atoms with Crippen molar-refractivity contribution in [2.75, 3.05) is 0 Å². The zero-order valence-electron chi connectivity index (χ0n) is 28.1. The zero-order valence-corrected chi connectivity index (χ0v) is 28.1. The lowest BCUT2D eigenvalue weighted by atomic mass is 9.72. The molecule has 0 spiro atoms. The van der Waals surface area contributed by atoms with Crippen molar-refractivity contribution >= 4 is 33.8 Å². The first-order valence-electron chi connectivity index (χ1n) is 17.9. The van der Waals surface area contributed by atoms with Crippen molar-refractivity contribution in [1.82, 2.24) is 15.0 Å². The number of hydrogen-bond acceptors (Lipinski definition) is 4. The largest absolute Gasteiger partial charge is 0.460 e. The highest BCUT2D eigenvalue weighted by Crippen LogP contribution is 2.49. The number of para-hydroxylation sites is 1. The number of nitrogens with zero attached hydrogens (tertiary/aromatic N) is 3. The van der Waals surface area contributed by atoms with Crippen molar-refractivity contribution < 1.29 is 4.42 Å². The molecule has 2 aromatic heterocycles. The van der Waals surface area contributed by atoms with Gasteiger partial charge in [0.1, 0.15) is 11.3 Å². The highest BCUT2D eigenvalue weighted by Gasteiger charge is 2.36. The van der Waals surface area contributed by atoms with Gasteiger partial charge in [0.25, 0.3) is 0 Å². The summed E-state index contributed by atoms with van der Waals surface area (Å²) in [5.41, 5.74) is 10.2. The first-order valence-corrected chi connectivity index (χ1v) is 17.9. The molecule has 10 rings (SSSR count). The maximum absolute atomic E-state index is 6.80. The molecule has 4 nitrogen and oxygen atoms in total. The molecule has 0 fully saturated rings. The predicted molar refractivity (Wildman–Crippen MR) is 206 cm³/mol. The van der Waals surface area contributed by atoms with Gasteiger partial charge in [-0.3, -0.25) is 0 Å². The minimum atomic E-state index is 0.130. The lowest BCUT2D eigenvalue weighted by Gasteiger charge is -2.32. The summed E-state index contributed by atoms with van der Waals surface area (Å²) in [4.78, 5) is 15.8. The molecule has 0 radical (unpaired) electrons. The van der Waals surface area contributed by atoms with E-state index in [4.69, 9.17) is 19.4 Å². The Kier molecular flexibility index (Phi) is 7.19. The number of allylic oxidation sites excluding steroid dienone is 10. The number of benzene rings is 4. The Hall–Kier alpha value is -6.13. The van der Waals surface area contributed by atoms with Crippen LogP contribution in [-0.2, 0) is 0 Å². The smallest absolute Gasteiger partial charge is 0.164 e. The third-order valence-electron chi connectivity index (χ3n) is 10.9. The molecule has 6 aromatic rings. The monoisotopic (exact) mass is 657 g/mol. The Labute approximate surface area is 297 Å². The normalized spacial score (nSPS) is 21.7. The Balaban J connectivity index is 1.11. The molecule has 4 heteroatoms. The summed E-state index contributed by atoms with van der Waals surface area (Å²) in [5.74, 6) is 3.98. The minimum absolute atomic E-state index is 0.130. The number of furan rings is 1. The molecule has 4 aliphatic carbocycles. The summed E-state index contributed by atoms with van der Waals surface area (Å²) < 4.78 is 6.80. The van der Waals surface area contributed by atoms with E-state index in [1.165, 1.54) is 22.3 Å². The van der Waals surface area contributed by atoms with E-state index in [0.717, 1.165) is 57.7 Å². The van der Waals surface area contributed by atoms with Crippen molar-refractivity contribution in [1.29, 1.82) is 0 Å². The Morgan fingerprint density at radius 2 is 1.29 bits per heavy atom. The highest BCUT2D eigenvalue weighted by molar-refractivity contribution is 5.97. The van der Waals surface area contributed by atoms with Crippen LogP contribution in [0.25, 0.3) is 45.2 Å². The van der Waals surface area contributed by atoms with E-state index < -0.39 is 0 Å². The van der Waals surface area contributed by atoms with Crippen LogP contribution in [0.2, 0.25) is 0 Å². The lowest BCUT2D eigenvalue weighted by Crippen LogP contribution is -2.20. The van der Waals surface area contributed by atoms with Crippen molar-refractivity contribution in [2.45, 2.75) is 24.7 Å². The van der Waals surface area contributed by atoms with Gasteiger partial charge in [0.05, 0.1) is 0 Å². The van der Waals surface area contributed by atoms with E-state index in [1.54, 1.807) is 0 Å². The first kappa shape index (κ1) is 29.8. The fourth-order valence-electron chi connectivity index (χ4n) is 8.38. The quantitative estimate of drug-likeness (QED) is 0.185. The van der Waals surface area contributed by atoms with Crippen LogP contribution in [0.3, 0.4) is 0 Å². The summed E-state index contributed by atoms with van der Waals surface area (Å²) in [7, 11) is 0. The van der Waals surface area contributed by atoms with Crippen LogP contribution >= 0.6 is 0 Å². The zero-order chi connectivity index (χ0) is 33.7. The van der Waals surface area contributed by atoms with Crippen LogP contribution in [0.15, 0.2) is 162 Å². The molecule has 0 saturated heterocycles. The van der Waals surface area contributed by atoms with Crippen LogP contribution in [0.4, 0.5) is 0 Å². The second-order valence-corrected chi connectivity index (χ2v) is 13.8. The summed E-state index contributed by atoms with van der Waals surface area (Å²) in [5, 5.41) is 1.10. The average molecular weight is 658 g/mol. The topological polar surface area (TPSA) is 51.8 Å². The van der Waals surface area contributed by atoms with Crippen molar-refractivity contribution in [3.05, 3.63) is 197 Å². The molecule has 0 amide bonds. The van der Waals surface area contributed by atoms with Crippen molar-refractivity contribution in [2.24, 2.45) is 11.8 Å². The fourth-order valence-corrected chi connectivity index (χ4v) is 8.38. The molecule has 0 bridgehead atoms. The molecule has 4 aliphatic rings. The van der Waals surface area contributed by atoms with Crippen LogP contribution in [0, 0.1) is 11.8 Å². The summed E-state index contributed by atoms with van der Waals surface area (Å²) in [6.45, 7) is 0.